The van der Waals surface area contributed by atoms with E-state index in [4.69, 9.17) is 45.7 Å². The molecule has 0 saturated carbocycles. The Kier molecular flexibility index (Phi) is 3.81. The molecule has 0 radical (unpaired) electrons. The van der Waals surface area contributed by atoms with Crippen LogP contribution in [0.15, 0.2) is 10.3 Å². The predicted octanol–water partition coefficient (Wildman–Crippen LogP) is 3.93. The van der Waals surface area contributed by atoms with E-state index in [0.717, 1.165) is 5.82 Å². The van der Waals surface area contributed by atoms with Crippen LogP contribution in [0.1, 0.15) is 0 Å². The van der Waals surface area contributed by atoms with E-state index in [9.17, 15) is 4.57 Å². The van der Waals surface area contributed by atoms with Crippen LogP contribution in [0.25, 0.3) is 0 Å². The Bertz CT molecular complexity index is 142. The van der Waals surface area contributed by atoms with Crippen LogP contribution < -0.4 is 0 Å². The van der Waals surface area contributed by atoms with Crippen LogP contribution in [0.4, 0.5) is 0 Å². The first kappa shape index (κ1) is 9.13. The van der Waals surface area contributed by atoms with Crippen LogP contribution in [-0.4, -0.2) is 0 Å². The molecule has 0 N–H and O–H groups in total. The normalized spacial score (nSPS) is 11.0. The standard InChI is InChI=1S/C2HCl4OP/c3-2(4)1-8(5,6)7/h1H. The number of rotatable bonds is 1. The Balaban J connectivity index is 4.11. The van der Waals surface area contributed by atoms with Gasteiger partial charge in [-0.25, -0.2) is 0 Å². The molecule has 8 heavy (non-hydrogen) atoms. The quantitative estimate of drug-likeness (QED) is 0.604. The molecule has 0 rings (SSSR count). The van der Waals surface area contributed by atoms with Crippen LogP contribution in [0.3, 0.4) is 0 Å². The van der Waals surface area contributed by atoms with Crippen molar-refractivity contribution in [2.45, 2.75) is 0 Å². The Morgan fingerprint density at radius 1 is 1.38 bits per heavy atom. The van der Waals surface area contributed by atoms with Gasteiger partial charge in [-0.15, -0.1) is 0 Å². The van der Waals surface area contributed by atoms with Crippen molar-refractivity contribution in [1.29, 1.82) is 0 Å². The molecule has 0 unspecified atom stereocenters. The molecule has 0 aliphatic heterocycles. The maximum absolute atomic E-state index is 10.3. The van der Waals surface area contributed by atoms with Crippen molar-refractivity contribution in [3.05, 3.63) is 10.3 Å². The molecule has 0 aromatic rings. The molecule has 0 aliphatic carbocycles. The molecule has 0 fully saturated rings. The lowest BCUT2D eigenvalue weighted by Crippen LogP contribution is -1.48. The summed E-state index contributed by atoms with van der Waals surface area (Å²) in [6, 6.07) is 0. The van der Waals surface area contributed by atoms with Crippen molar-refractivity contribution in [3.8, 4) is 0 Å². The van der Waals surface area contributed by atoms with E-state index < -0.39 is 5.85 Å². The van der Waals surface area contributed by atoms with E-state index in [-0.39, 0.29) is 4.49 Å². The van der Waals surface area contributed by atoms with Gasteiger partial charge in [0.15, 0.2) is 0 Å². The summed E-state index contributed by atoms with van der Waals surface area (Å²) in [7, 11) is 0. The number of halogens is 4. The van der Waals surface area contributed by atoms with E-state index in [0.29, 0.717) is 0 Å². The fourth-order valence-corrected chi connectivity index (χ4v) is 2.35. The van der Waals surface area contributed by atoms with E-state index in [2.05, 4.69) is 0 Å². The van der Waals surface area contributed by atoms with Crippen LogP contribution in [0.5, 0.6) is 0 Å². The van der Waals surface area contributed by atoms with Gasteiger partial charge < -0.3 is 0 Å². The fourth-order valence-electron chi connectivity index (χ4n) is 0.114. The average molecular weight is 214 g/mol. The molecule has 0 amide bonds. The van der Waals surface area contributed by atoms with Gasteiger partial charge in [0, 0.05) is 5.82 Å². The summed E-state index contributed by atoms with van der Waals surface area (Å²) in [4.78, 5) is 0. The second kappa shape index (κ2) is 3.34. The van der Waals surface area contributed by atoms with E-state index >= 15 is 0 Å². The molecule has 6 heteroatoms. The van der Waals surface area contributed by atoms with Gasteiger partial charge in [-0.3, -0.25) is 4.57 Å². The Labute approximate surface area is 66.5 Å². The van der Waals surface area contributed by atoms with E-state index in [1.165, 1.54) is 0 Å². The first-order chi connectivity index (χ1) is 3.42. The summed E-state index contributed by atoms with van der Waals surface area (Å²) in [6.45, 7) is 0. The molecule has 1 nitrogen and oxygen atoms in total. The smallest absolute Gasteiger partial charge is 0.277 e. The maximum Gasteiger partial charge on any atom is 0.277 e. The summed E-state index contributed by atoms with van der Waals surface area (Å²) in [5.41, 5.74) is 0. The highest BCUT2D eigenvalue weighted by atomic mass is 35.9. The highest BCUT2D eigenvalue weighted by Crippen LogP contribution is 2.59. The van der Waals surface area contributed by atoms with Gasteiger partial charge in [0.05, 0.1) is 0 Å². The molecule has 0 saturated heterocycles. The van der Waals surface area contributed by atoms with Crippen LogP contribution in [0.2, 0.25) is 0 Å². The monoisotopic (exact) mass is 212 g/mol. The minimum Gasteiger partial charge on any atom is -0.285 e. The van der Waals surface area contributed by atoms with Crippen molar-refractivity contribution < 1.29 is 4.57 Å². The van der Waals surface area contributed by atoms with Crippen molar-refractivity contribution in [2.75, 3.05) is 0 Å². The van der Waals surface area contributed by atoms with E-state index in [1.807, 2.05) is 0 Å². The molecule has 0 aromatic carbocycles. The van der Waals surface area contributed by atoms with Gasteiger partial charge in [-0.2, -0.15) is 0 Å². The largest absolute Gasteiger partial charge is 0.285 e. The fraction of sp³-hybridized carbons (Fsp3) is 0. The number of hydrogen-bond donors (Lipinski definition) is 0. The zero-order chi connectivity index (χ0) is 6.78. The maximum atomic E-state index is 10.3. The molecule has 0 atom stereocenters. The van der Waals surface area contributed by atoms with Crippen LogP contribution in [0, 0.1) is 0 Å². The molecular formula is C2HCl4OP. The molecule has 0 aliphatic rings. The van der Waals surface area contributed by atoms with Crippen molar-refractivity contribution in [3.63, 3.8) is 0 Å². The molecule has 0 aromatic heterocycles. The van der Waals surface area contributed by atoms with Gasteiger partial charge in [0.25, 0.3) is 5.85 Å². The van der Waals surface area contributed by atoms with Gasteiger partial charge in [-0.1, -0.05) is 23.2 Å². The van der Waals surface area contributed by atoms with Crippen LogP contribution >= 0.6 is 51.5 Å². The number of hydrogen-bond acceptors (Lipinski definition) is 1. The van der Waals surface area contributed by atoms with Crippen molar-refractivity contribution >= 4 is 51.5 Å². The summed E-state index contributed by atoms with van der Waals surface area (Å²) in [5, 5.41) is 0. The zero-order valence-corrected chi connectivity index (χ0v) is 7.36. The lowest BCUT2D eigenvalue weighted by atomic mass is 11.2. The van der Waals surface area contributed by atoms with E-state index in [1.54, 1.807) is 0 Å². The minimum absolute atomic E-state index is 0.182. The van der Waals surface area contributed by atoms with Crippen LogP contribution in [-0.2, 0) is 4.57 Å². The van der Waals surface area contributed by atoms with Gasteiger partial charge in [0.1, 0.15) is 4.49 Å². The Morgan fingerprint density at radius 2 is 1.75 bits per heavy atom. The third-order valence-electron chi connectivity index (χ3n) is 0.248. The summed E-state index contributed by atoms with van der Waals surface area (Å²) in [6.07, 6.45) is 0. The van der Waals surface area contributed by atoms with Crippen molar-refractivity contribution in [1.82, 2.24) is 0 Å². The lowest BCUT2D eigenvalue weighted by Gasteiger charge is -1.87. The SMILES string of the molecule is O=P(Cl)(Cl)C=C(Cl)Cl. The molecule has 0 spiro atoms. The molecule has 48 valence electrons. The topological polar surface area (TPSA) is 17.1 Å². The predicted molar refractivity (Wildman–Crippen MR) is 39.1 cm³/mol. The van der Waals surface area contributed by atoms with Gasteiger partial charge in [0.2, 0.25) is 0 Å². The van der Waals surface area contributed by atoms with Gasteiger partial charge in [-0.05, 0) is 22.5 Å². The highest BCUT2D eigenvalue weighted by molar-refractivity contribution is 8.10. The first-order valence-corrected chi connectivity index (χ1v) is 5.79. The molecular weight excluding hydrogens is 213 g/mol. The Morgan fingerprint density at radius 3 is 1.75 bits per heavy atom. The Hall–Kier alpha value is 1.13. The summed E-state index contributed by atoms with van der Waals surface area (Å²) < 4.78 is 10.1. The lowest BCUT2D eigenvalue weighted by molar-refractivity contribution is 0.597. The van der Waals surface area contributed by atoms with Gasteiger partial charge >= 0.3 is 0 Å². The summed E-state index contributed by atoms with van der Waals surface area (Å²) >= 11 is 20.1. The molecule has 0 bridgehead atoms. The summed E-state index contributed by atoms with van der Waals surface area (Å²) in [5.74, 6) is -2.32. The van der Waals surface area contributed by atoms with Crippen molar-refractivity contribution in [2.24, 2.45) is 0 Å². The zero-order valence-electron chi connectivity index (χ0n) is 3.44. The second-order valence-corrected chi connectivity index (χ2v) is 6.72. The molecule has 0 heterocycles. The second-order valence-electron chi connectivity index (χ2n) is 0.921. The average Bonchev–Trinajstić information content (AvgIpc) is 1.21. The third kappa shape index (κ3) is 7.13. The third-order valence-corrected chi connectivity index (χ3v) is 1.91. The highest BCUT2D eigenvalue weighted by Gasteiger charge is 2.08. The minimum atomic E-state index is -3.20. The first-order valence-electron chi connectivity index (χ1n) is 1.45.